The van der Waals surface area contributed by atoms with Crippen LogP contribution in [-0.2, 0) is 0 Å². The zero-order valence-corrected chi connectivity index (χ0v) is 13.6. The fourth-order valence-corrected chi connectivity index (χ4v) is 2.11. The van der Waals surface area contributed by atoms with E-state index in [2.05, 4.69) is 50.9 Å². The average molecular weight is 259 g/mol. The van der Waals surface area contributed by atoms with Crippen LogP contribution < -0.4 is 5.32 Å². The second kappa shape index (κ2) is 8.58. The highest BCUT2D eigenvalue weighted by Crippen LogP contribution is 2.33. The van der Waals surface area contributed by atoms with Crippen molar-refractivity contribution in [1.82, 2.24) is 0 Å². The molecule has 0 unspecified atom stereocenters. The summed E-state index contributed by atoms with van der Waals surface area (Å²) in [5.74, 6) is 0. The monoisotopic (exact) mass is 259 g/mol. The molecule has 2 rings (SSSR count). The Kier molecular flexibility index (Phi) is 7.90. The number of hydrogen-bond donors (Lipinski definition) is 1. The van der Waals surface area contributed by atoms with E-state index in [0.29, 0.717) is 0 Å². The Morgan fingerprint density at radius 1 is 1.05 bits per heavy atom. The molecule has 0 saturated heterocycles. The highest BCUT2D eigenvalue weighted by atomic mass is 14.9. The van der Waals surface area contributed by atoms with Gasteiger partial charge in [0.1, 0.15) is 0 Å². The van der Waals surface area contributed by atoms with Crippen LogP contribution in [0.3, 0.4) is 0 Å². The van der Waals surface area contributed by atoms with E-state index in [9.17, 15) is 0 Å². The molecule has 1 heteroatoms. The van der Waals surface area contributed by atoms with Crippen LogP contribution in [0.4, 0.5) is 5.69 Å². The fourth-order valence-electron chi connectivity index (χ4n) is 2.11. The van der Waals surface area contributed by atoms with Crippen LogP contribution in [0.5, 0.6) is 0 Å². The van der Waals surface area contributed by atoms with Crippen molar-refractivity contribution in [3.05, 3.63) is 46.7 Å². The van der Waals surface area contributed by atoms with Gasteiger partial charge in [0.05, 0.1) is 0 Å². The van der Waals surface area contributed by atoms with E-state index in [1.807, 2.05) is 27.7 Å². The van der Waals surface area contributed by atoms with E-state index >= 15 is 0 Å². The highest BCUT2D eigenvalue weighted by Gasteiger charge is 2.13. The predicted molar refractivity (Wildman–Crippen MR) is 89.6 cm³/mol. The molecule has 1 heterocycles. The Labute approximate surface area is 119 Å². The summed E-state index contributed by atoms with van der Waals surface area (Å²) in [6.45, 7) is 18.5. The minimum atomic E-state index is 1.03. The molecule has 0 aromatic heterocycles. The maximum atomic E-state index is 4.05. The summed E-state index contributed by atoms with van der Waals surface area (Å²) in [5.41, 5.74) is 7.44. The van der Waals surface area contributed by atoms with E-state index in [4.69, 9.17) is 0 Å². The van der Waals surface area contributed by atoms with Gasteiger partial charge >= 0.3 is 0 Å². The quantitative estimate of drug-likeness (QED) is 0.643. The molecule has 0 bridgehead atoms. The predicted octanol–water partition coefficient (Wildman–Crippen LogP) is 6.09. The lowest BCUT2D eigenvalue weighted by atomic mass is 9.96. The molecular weight excluding hydrogens is 230 g/mol. The number of hydrogen-bond acceptors (Lipinski definition) is 1. The van der Waals surface area contributed by atoms with Crippen molar-refractivity contribution in [1.29, 1.82) is 0 Å². The normalized spacial score (nSPS) is 11.9. The Bertz CT molecular complexity index is 453. The molecule has 1 aliphatic rings. The first kappa shape index (κ1) is 17.5. The lowest BCUT2D eigenvalue weighted by molar-refractivity contribution is 1.11. The number of rotatable bonds is 1. The van der Waals surface area contributed by atoms with Crippen molar-refractivity contribution >= 4 is 11.8 Å². The lowest BCUT2D eigenvalue weighted by Gasteiger charge is -2.22. The topological polar surface area (TPSA) is 12.0 Å². The highest BCUT2D eigenvalue weighted by molar-refractivity contribution is 5.80. The molecular formula is C18H29N. The SMILES string of the molecule is C=C1Nc2c(C)cc(C)cc2C=C1CC.CC.CC. The van der Waals surface area contributed by atoms with Gasteiger partial charge in [0.25, 0.3) is 0 Å². The van der Waals surface area contributed by atoms with Gasteiger partial charge < -0.3 is 5.32 Å². The van der Waals surface area contributed by atoms with Crippen LogP contribution in [0.1, 0.15) is 57.7 Å². The Hall–Kier alpha value is -1.50. The van der Waals surface area contributed by atoms with Gasteiger partial charge in [-0.1, -0.05) is 52.8 Å². The van der Waals surface area contributed by atoms with Gasteiger partial charge in [-0.2, -0.15) is 0 Å². The van der Waals surface area contributed by atoms with Gasteiger partial charge in [-0.3, -0.25) is 0 Å². The van der Waals surface area contributed by atoms with Gasteiger partial charge in [-0.05, 0) is 49.1 Å². The molecule has 1 N–H and O–H groups in total. The zero-order chi connectivity index (χ0) is 15.0. The van der Waals surface area contributed by atoms with Crippen LogP contribution in [0, 0.1) is 13.8 Å². The van der Waals surface area contributed by atoms with Gasteiger partial charge in [-0.25, -0.2) is 0 Å². The van der Waals surface area contributed by atoms with Crippen molar-refractivity contribution in [2.45, 2.75) is 54.9 Å². The third-order valence-corrected chi connectivity index (χ3v) is 2.88. The summed E-state index contributed by atoms with van der Waals surface area (Å²) in [6.07, 6.45) is 3.27. The average Bonchev–Trinajstić information content (AvgIpc) is 2.43. The number of fused-ring (bicyclic) bond motifs is 1. The minimum absolute atomic E-state index is 1.03. The molecule has 1 nitrogen and oxygen atoms in total. The molecule has 0 radical (unpaired) electrons. The van der Waals surface area contributed by atoms with Crippen LogP contribution in [0.15, 0.2) is 30.0 Å². The molecule has 0 aliphatic carbocycles. The van der Waals surface area contributed by atoms with Crippen LogP contribution >= 0.6 is 0 Å². The molecule has 0 amide bonds. The maximum Gasteiger partial charge on any atom is 0.0487 e. The van der Waals surface area contributed by atoms with Crippen LogP contribution in [-0.4, -0.2) is 0 Å². The first-order valence-electron chi connectivity index (χ1n) is 7.40. The van der Waals surface area contributed by atoms with Crippen molar-refractivity contribution in [2.75, 3.05) is 5.32 Å². The number of anilines is 1. The van der Waals surface area contributed by atoms with Crippen molar-refractivity contribution < 1.29 is 0 Å². The second-order valence-electron chi connectivity index (χ2n) is 4.17. The van der Waals surface area contributed by atoms with E-state index in [1.165, 1.54) is 28.0 Å². The van der Waals surface area contributed by atoms with Gasteiger partial charge in [0, 0.05) is 11.4 Å². The molecule has 0 atom stereocenters. The summed E-state index contributed by atoms with van der Waals surface area (Å²) < 4.78 is 0. The third-order valence-electron chi connectivity index (χ3n) is 2.88. The molecule has 19 heavy (non-hydrogen) atoms. The number of nitrogens with one attached hydrogen (secondary N) is 1. The van der Waals surface area contributed by atoms with Crippen LogP contribution in [0.2, 0.25) is 0 Å². The fraction of sp³-hybridized carbons (Fsp3) is 0.444. The summed E-state index contributed by atoms with van der Waals surface area (Å²) in [4.78, 5) is 0. The number of allylic oxidation sites excluding steroid dienone is 1. The standard InChI is InChI=1S/C14H17N.2C2H6/c1-5-12-8-13-7-9(2)6-10(3)14(13)15-11(12)4;2*1-2/h6-8,15H,4-5H2,1-3H3;2*1-2H3. The third kappa shape index (κ3) is 4.27. The Balaban J connectivity index is 0.000000741. The largest absolute Gasteiger partial charge is 0.355 e. The van der Waals surface area contributed by atoms with E-state index in [1.54, 1.807) is 0 Å². The maximum absolute atomic E-state index is 4.05. The number of benzene rings is 1. The molecule has 0 saturated carbocycles. The molecule has 1 aliphatic heterocycles. The van der Waals surface area contributed by atoms with Crippen molar-refractivity contribution in [3.63, 3.8) is 0 Å². The molecule has 106 valence electrons. The first-order valence-corrected chi connectivity index (χ1v) is 7.40. The lowest BCUT2D eigenvalue weighted by Crippen LogP contribution is -2.08. The van der Waals surface area contributed by atoms with E-state index in [0.717, 1.165) is 12.1 Å². The zero-order valence-electron chi connectivity index (χ0n) is 13.6. The Morgan fingerprint density at radius 2 is 1.63 bits per heavy atom. The van der Waals surface area contributed by atoms with E-state index in [-0.39, 0.29) is 0 Å². The van der Waals surface area contributed by atoms with Gasteiger partial charge in [0.15, 0.2) is 0 Å². The number of aryl methyl sites for hydroxylation is 2. The summed E-state index contributed by atoms with van der Waals surface area (Å²) in [7, 11) is 0. The van der Waals surface area contributed by atoms with E-state index < -0.39 is 0 Å². The van der Waals surface area contributed by atoms with Gasteiger partial charge in [0.2, 0.25) is 0 Å². The summed E-state index contributed by atoms with van der Waals surface area (Å²) >= 11 is 0. The summed E-state index contributed by atoms with van der Waals surface area (Å²) in [5, 5.41) is 3.39. The first-order chi connectivity index (χ1) is 9.11. The second-order valence-corrected chi connectivity index (χ2v) is 4.17. The van der Waals surface area contributed by atoms with Crippen molar-refractivity contribution in [2.24, 2.45) is 0 Å². The molecule has 1 aromatic rings. The minimum Gasteiger partial charge on any atom is -0.355 e. The van der Waals surface area contributed by atoms with Gasteiger partial charge in [-0.15, -0.1) is 0 Å². The molecule has 1 aromatic carbocycles. The van der Waals surface area contributed by atoms with Crippen molar-refractivity contribution in [3.8, 4) is 0 Å². The summed E-state index contributed by atoms with van der Waals surface area (Å²) in [6, 6.07) is 4.42. The molecule has 0 fully saturated rings. The van der Waals surface area contributed by atoms with Crippen LogP contribution in [0.25, 0.3) is 6.08 Å². The molecule has 0 spiro atoms. The smallest absolute Gasteiger partial charge is 0.0487 e. The Morgan fingerprint density at radius 3 is 2.16 bits per heavy atom.